The standard InChI is InChI=1S/C8H16ClNO3S/c1-7(2)14(11,12)10-3-4-13-8(5-9)6-10/h7-8H,3-6H2,1-2H3. The molecule has 0 spiro atoms. The van der Waals surface area contributed by atoms with Crippen LogP contribution in [0.15, 0.2) is 0 Å². The maximum atomic E-state index is 11.8. The summed E-state index contributed by atoms with van der Waals surface area (Å²) in [6.07, 6.45) is -0.168. The molecule has 1 fully saturated rings. The van der Waals surface area contributed by atoms with Crippen molar-refractivity contribution in [2.75, 3.05) is 25.6 Å². The van der Waals surface area contributed by atoms with Crippen LogP contribution in [0.3, 0.4) is 0 Å². The van der Waals surface area contributed by atoms with Gasteiger partial charge in [0.15, 0.2) is 0 Å². The molecule has 0 aromatic rings. The van der Waals surface area contributed by atoms with Gasteiger partial charge in [0.1, 0.15) is 0 Å². The van der Waals surface area contributed by atoms with Crippen LogP contribution in [0.25, 0.3) is 0 Å². The lowest BCUT2D eigenvalue weighted by atomic mass is 10.3. The molecule has 14 heavy (non-hydrogen) atoms. The quantitative estimate of drug-likeness (QED) is 0.683. The Morgan fingerprint density at radius 2 is 2.21 bits per heavy atom. The van der Waals surface area contributed by atoms with Crippen molar-refractivity contribution in [1.29, 1.82) is 0 Å². The van der Waals surface area contributed by atoms with Gasteiger partial charge in [-0.2, -0.15) is 4.31 Å². The maximum absolute atomic E-state index is 11.8. The van der Waals surface area contributed by atoms with Crippen molar-refractivity contribution < 1.29 is 13.2 Å². The van der Waals surface area contributed by atoms with Crippen LogP contribution in [0, 0.1) is 0 Å². The largest absolute Gasteiger partial charge is 0.374 e. The van der Waals surface area contributed by atoms with Crippen LogP contribution in [0.1, 0.15) is 13.8 Å². The van der Waals surface area contributed by atoms with E-state index in [9.17, 15) is 8.42 Å². The van der Waals surface area contributed by atoms with Crippen LogP contribution in [-0.2, 0) is 14.8 Å². The van der Waals surface area contributed by atoms with Crippen LogP contribution in [0.4, 0.5) is 0 Å². The molecule has 1 heterocycles. The Morgan fingerprint density at radius 3 is 2.71 bits per heavy atom. The van der Waals surface area contributed by atoms with Crippen molar-refractivity contribution in [3.8, 4) is 0 Å². The summed E-state index contributed by atoms with van der Waals surface area (Å²) in [5.41, 5.74) is 0. The molecular weight excluding hydrogens is 226 g/mol. The number of hydrogen-bond acceptors (Lipinski definition) is 3. The molecule has 1 aliphatic rings. The number of ether oxygens (including phenoxy) is 1. The molecule has 1 atom stereocenters. The van der Waals surface area contributed by atoms with Crippen LogP contribution in [-0.4, -0.2) is 49.7 Å². The number of morpholine rings is 1. The summed E-state index contributed by atoms with van der Waals surface area (Å²) in [5.74, 6) is 0.337. The Morgan fingerprint density at radius 1 is 1.57 bits per heavy atom. The number of sulfonamides is 1. The predicted octanol–water partition coefficient (Wildman–Crippen LogP) is 0.664. The van der Waals surface area contributed by atoms with Crippen LogP contribution in [0.2, 0.25) is 0 Å². The molecule has 1 unspecified atom stereocenters. The van der Waals surface area contributed by atoms with E-state index in [0.29, 0.717) is 25.6 Å². The Hall–Kier alpha value is 0.160. The van der Waals surface area contributed by atoms with Gasteiger partial charge in [-0.05, 0) is 13.8 Å². The molecule has 1 aliphatic heterocycles. The fourth-order valence-electron chi connectivity index (χ4n) is 1.31. The van der Waals surface area contributed by atoms with E-state index in [2.05, 4.69) is 0 Å². The van der Waals surface area contributed by atoms with E-state index in [1.54, 1.807) is 13.8 Å². The first kappa shape index (κ1) is 12.2. The van der Waals surface area contributed by atoms with Crippen molar-refractivity contribution in [2.45, 2.75) is 25.2 Å². The molecule has 4 nitrogen and oxygen atoms in total. The third-order valence-electron chi connectivity index (χ3n) is 2.23. The minimum Gasteiger partial charge on any atom is -0.374 e. The topological polar surface area (TPSA) is 46.6 Å². The van der Waals surface area contributed by atoms with E-state index in [-0.39, 0.29) is 11.4 Å². The zero-order valence-electron chi connectivity index (χ0n) is 8.44. The van der Waals surface area contributed by atoms with Gasteiger partial charge in [-0.3, -0.25) is 0 Å². The molecule has 0 aromatic heterocycles. The lowest BCUT2D eigenvalue weighted by Crippen LogP contribution is -2.48. The molecule has 0 aromatic carbocycles. The Balaban J connectivity index is 2.69. The van der Waals surface area contributed by atoms with Crippen LogP contribution in [0.5, 0.6) is 0 Å². The van der Waals surface area contributed by atoms with Crippen LogP contribution < -0.4 is 0 Å². The zero-order valence-corrected chi connectivity index (χ0v) is 10.0. The molecule has 6 heteroatoms. The fourth-order valence-corrected chi connectivity index (χ4v) is 2.80. The molecule has 1 rings (SSSR count). The summed E-state index contributed by atoms with van der Waals surface area (Å²) in [6, 6.07) is 0. The molecule has 0 N–H and O–H groups in total. The van der Waals surface area contributed by atoms with Crippen molar-refractivity contribution in [1.82, 2.24) is 4.31 Å². The van der Waals surface area contributed by atoms with Crippen molar-refractivity contribution in [2.24, 2.45) is 0 Å². The molecule has 84 valence electrons. The van der Waals surface area contributed by atoms with Gasteiger partial charge >= 0.3 is 0 Å². The Kier molecular flexibility index (Phi) is 4.18. The van der Waals surface area contributed by atoms with Crippen molar-refractivity contribution in [3.63, 3.8) is 0 Å². The van der Waals surface area contributed by atoms with Gasteiger partial charge in [0.2, 0.25) is 10.0 Å². The SMILES string of the molecule is CC(C)S(=O)(=O)N1CCOC(CCl)C1. The summed E-state index contributed by atoms with van der Waals surface area (Å²) >= 11 is 5.63. The minimum absolute atomic E-state index is 0.168. The monoisotopic (exact) mass is 241 g/mol. The van der Waals surface area contributed by atoms with E-state index in [4.69, 9.17) is 16.3 Å². The normalized spacial score (nSPS) is 25.6. The second kappa shape index (κ2) is 4.79. The first-order valence-electron chi connectivity index (χ1n) is 4.65. The lowest BCUT2D eigenvalue weighted by Gasteiger charge is -2.32. The number of nitrogens with zero attached hydrogens (tertiary/aromatic N) is 1. The molecule has 0 radical (unpaired) electrons. The second-order valence-corrected chi connectivity index (χ2v) is 6.40. The third kappa shape index (κ3) is 2.59. The molecule has 0 saturated carbocycles. The molecule has 0 amide bonds. The number of rotatable bonds is 3. The number of hydrogen-bond donors (Lipinski definition) is 0. The van der Waals surface area contributed by atoms with Gasteiger partial charge in [-0.15, -0.1) is 11.6 Å². The average Bonchev–Trinajstić information content (AvgIpc) is 2.17. The zero-order chi connectivity index (χ0) is 10.8. The molecular formula is C8H16ClNO3S. The summed E-state index contributed by atoms with van der Waals surface area (Å²) in [4.78, 5) is 0. The van der Waals surface area contributed by atoms with E-state index in [1.165, 1.54) is 4.31 Å². The average molecular weight is 242 g/mol. The van der Waals surface area contributed by atoms with Gasteiger partial charge in [0.05, 0.1) is 18.0 Å². The van der Waals surface area contributed by atoms with Gasteiger partial charge in [0, 0.05) is 19.0 Å². The highest BCUT2D eigenvalue weighted by molar-refractivity contribution is 7.89. The fraction of sp³-hybridized carbons (Fsp3) is 1.00. The van der Waals surface area contributed by atoms with E-state index in [1.807, 2.05) is 0 Å². The van der Waals surface area contributed by atoms with Crippen molar-refractivity contribution in [3.05, 3.63) is 0 Å². The Bertz CT molecular complexity index is 278. The van der Waals surface area contributed by atoms with Crippen molar-refractivity contribution >= 4 is 21.6 Å². The first-order valence-corrected chi connectivity index (χ1v) is 6.68. The first-order chi connectivity index (χ1) is 6.48. The third-order valence-corrected chi connectivity index (χ3v) is 4.82. The van der Waals surface area contributed by atoms with E-state index < -0.39 is 10.0 Å². The van der Waals surface area contributed by atoms with Gasteiger partial charge in [-0.25, -0.2) is 8.42 Å². The summed E-state index contributed by atoms with van der Waals surface area (Å²) in [6.45, 7) is 4.61. The Labute approximate surface area is 90.2 Å². The van der Waals surface area contributed by atoms with Gasteiger partial charge in [-0.1, -0.05) is 0 Å². The molecule has 0 aliphatic carbocycles. The second-order valence-electron chi connectivity index (χ2n) is 3.60. The summed E-state index contributed by atoms with van der Waals surface area (Å²) < 4.78 is 30.3. The van der Waals surface area contributed by atoms with E-state index >= 15 is 0 Å². The van der Waals surface area contributed by atoms with Gasteiger partial charge in [0.25, 0.3) is 0 Å². The maximum Gasteiger partial charge on any atom is 0.216 e. The minimum atomic E-state index is -3.15. The smallest absolute Gasteiger partial charge is 0.216 e. The number of alkyl halides is 1. The van der Waals surface area contributed by atoms with E-state index in [0.717, 1.165) is 0 Å². The lowest BCUT2D eigenvalue weighted by molar-refractivity contribution is 0.0120. The van der Waals surface area contributed by atoms with Crippen LogP contribution >= 0.6 is 11.6 Å². The number of halogens is 1. The highest BCUT2D eigenvalue weighted by Gasteiger charge is 2.30. The molecule has 0 bridgehead atoms. The predicted molar refractivity (Wildman–Crippen MR) is 56.1 cm³/mol. The highest BCUT2D eigenvalue weighted by atomic mass is 35.5. The molecule has 1 saturated heterocycles. The van der Waals surface area contributed by atoms with Gasteiger partial charge < -0.3 is 4.74 Å². The highest BCUT2D eigenvalue weighted by Crippen LogP contribution is 2.14. The summed E-state index contributed by atoms with van der Waals surface area (Å²) in [7, 11) is -3.15. The summed E-state index contributed by atoms with van der Waals surface area (Å²) in [5, 5.41) is -0.378.